The molecule has 1 amide bonds. The van der Waals surface area contributed by atoms with Gasteiger partial charge in [0.05, 0.1) is 11.5 Å². The summed E-state index contributed by atoms with van der Waals surface area (Å²) in [7, 11) is -3.57. The summed E-state index contributed by atoms with van der Waals surface area (Å²) >= 11 is 0. The van der Waals surface area contributed by atoms with Gasteiger partial charge in [0.1, 0.15) is 5.75 Å². The molecule has 0 aromatic heterocycles. The molecule has 0 heterocycles. The van der Waals surface area contributed by atoms with Crippen molar-refractivity contribution in [3.05, 3.63) is 66.7 Å². The van der Waals surface area contributed by atoms with E-state index >= 15 is 0 Å². The fourth-order valence-electron chi connectivity index (χ4n) is 2.75. The number of ether oxygens (including phenoxy) is 1. The average molecular weight is 398 g/mol. The zero-order valence-corrected chi connectivity index (χ0v) is 16.3. The monoisotopic (exact) mass is 398 g/mol. The van der Waals surface area contributed by atoms with E-state index in [0.717, 1.165) is 10.8 Å². The predicted octanol–water partition coefficient (Wildman–Crippen LogP) is 3.55. The molecule has 0 radical (unpaired) electrons. The molecule has 0 bridgehead atoms. The SMILES string of the molecule is CC(=O)Nc1cccc(OCCCNS(=O)(=O)c2ccc3ccccc3c2)c1. The largest absolute Gasteiger partial charge is 0.493 e. The molecule has 0 saturated carbocycles. The second kappa shape index (κ2) is 8.86. The Morgan fingerprint density at radius 1 is 0.964 bits per heavy atom. The number of carbonyl (C=O) groups is 1. The Bertz CT molecular complexity index is 1080. The predicted molar refractivity (Wildman–Crippen MR) is 110 cm³/mol. The highest BCUT2D eigenvalue weighted by Gasteiger charge is 2.13. The first kappa shape index (κ1) is 19.9. The van der Waals surface area contributed by atoms with Crippen LogP contribution in [0.1, 0.15) is 13.3 Å². The normalized spacial score (nSPS) is 11.3. The van der Waals surface area contributed by atoms with E-state index in [1.54, 1.807) is 42.5 Å². The van der Waals surface area contributed by atoms with Crippen molar-refractivity contribution in [1.82, 2.24) is 4.72 Å². The summed E-state index contributed by atoms with van der Waals surface area (Å²) in [6, 6.07) is 19.8. The fourth-order valence-corrected chi connectivity index (χ4v) is 3.86. The van der Waals surface area contributed by atoms with E-state index in [1.165, 1.54) is 6.92 Å². The molecule has 6 nitrogen and oxygen atoms in total. The molecule has 146 valence electrons. The summed E-state index contributed by atoms with van der Waals surface area (Å²) in [5.74, 6) is 0.462. The van der Waals surface area contributed by atoms with Crippen LogP contribution in [0, 0.1) is 0 Å². The van der Waals surface area contributed by atoms with Gasteiger partial charge in [-0.1, -0.05) is 36.4 Å². The van der Waals surface area contributed by atoms with Crippen LogP contribution in [0.3, 0.4) is 0 Å². The number of sulfonamides is 1. The molecule has 0 unspecified atom stereocenters. The van der Waals surface area contributed by atoms with Crippen LogP contribution >= 0.6 is 0 Å². The minimum Gasteiger partial charge on any atom is -0.493 e. The number of carbonyl (C=O) groups excluding carboxylic acids is 1. The summed E-state index contributed by atoms with van der Waals surface area (Å²) in [4.78, 5) is 11.3. The van der Waals surface area contributed by atoms with Crippen LogP contribution in [0.4, 0.5) is 5.69 Å². The molecule has 0 fully saturated rings. The average Bonchev–Trinajstić information content (AvgIpc) is 2.67. The van der Waals surface area contributed by atoms with E-state index in [9.17, 15) is 13.2 Å². The topological polar surface area (TPSA) is 84.5 Å². The summed E-state index contributed by atoms with van der Waals surface area (Å²) in [6.07, 6.45) is 0.511. The molecule has 7 heteroatoms. The Morgan fingerprint density at radius 2 is 1.75 bits per heavy atom. The summed E-state index contributed by atoms with van der Waals surface area (Å²) in [5, 5.41) is 4.57. The van der Waals surface area contributed by atoms with Crippen LogP contribution in [0.2, 0.25) is 0 Å². The molecule has 3 aromatic carbocycles. The van der Waals surface area contributed by atoms with Crippen molar-refractivity contribution in [2.24, 2.45) is 0 Å². The van der Waals surface area contributed by atoms with E-state index in [1.807, 2.05) is 24.3 Å². The molecule has 0 spiro atoms. The zero-order chi connectivity index (χ0) is 20.0. The van der Waals surface area contributed by atoms with Crippen molar-refractivity contribution in [1.29, 1.82) is 0 Å². The van der Waals surface area contributed by atoms with Gasteiger partial charge in [-0.25, -0.2) is 13.1 Å². The minimum absolute atomic E-state index is 0.153. The van der Waals surface area contributed by atoms with Crippen molar-refractivity contribution in [2.75, 3.05) is 18.5 Å². The number of fused-ring (bicyclic) bond motifs is 1. The van der Waals surface area contributed by atoms with E-state index in [-0.39, 0.29) is 17.3 Å². The smallest absolute Gasteiger partial charge is 0.240 e. The lowest BCUT2D eigenvalue weighted by Crippen LogP contribution is -2.25. The third-order valence-electron chi connectivity index (χ3n) is 4.07. The van der Waals surface area contributed by atoms with Gasteiger partial charge in [0.25, 0.3) is 0 Å². The molecule has 0 saturated heterocycles. The number of hydrogen-bond donors (Lipinski definition) is 2. The lowest BCUT2D eigenvalue weighted by atomic mass is 10.1. The number of anilines is 1. The molecular weight excluding hydrogens is 376 g/mol. The second-order valence-electron chi connectivity index (χ2n) is 6.32. The van der Waals surface area contributed by atoms with Gasteiger partial charge in [0.2, 0.25) is 15.9 Å². The Kier molecular flexibility index (Phi) is 6.28. The van der Waals surface area contributed by atoms with Gasteiger partial charge >= 0.3 is 0 Å². The Labute approximate surface area is 164 Å². The van der Waals surface area contributed by atoms with Crippen molar-refractivity contribution in [3.63, 3.8) is 0 Å². The van der Waals surface area contributed by atoms with Gasteiger partial charge in [0, 0.05) is 25.2 Å². The van der Waals surface area contributed by atoms with Gasteiger partial charge in [-0.15, -0.1) is 0 Å². The van der Waals surface area contributed by atoms with Crippen LogP contribution in [0.25, 0.3) is 10.8 Å². The molecular formula is C21H22N2O4S. The van der Waals surface area contributed by atoms with Gasteiger partial charge < -0.3 is 10.1 Å². The lowest BCUT2D eigenvalue weighted by Gasteiger charge is -2.10. The standard InChI is InChI=1S/C21H22N2O4S/c1-16(24)23-19-8-4-9-20(15-19)27-13-5-12-22-28(25,26)21-11-10-17-6-2-3-7-18(17)14-21/h2-4,6-11,14-15,22H,5,12-13H2,1H3,(H,23,24). The van der Waals surface area contributed by atoms with Crippen LogP contribution in [0.5, 0.6) is 5.75 Å². The van der Waals surface area contributed by atoms with Crippen LogP contribution in [-0.4, -0.2) is 27.5 Å². The summed E-state index contributed by atoms with van der Waals surface area (Å²) in [6.45, 7) is 2.06. The Morgan fingerprint density at radius 3 is 2.54 bits per heavy atom. The number of benzene rings is 3. The van der Waals surface area contributed by atoms with Gasteiger partial charge in [0.15, 0.2) is 0 Å². The molecule has 2 N–H and O–H groups in total. The number of nitrogens with one attached hydrogen (secondary N) is 2. The van der Waals surface area contributed by atoms with E-state index in [4.69, 9.17) is 4.74 Å². The second-order valence-corrected chi connectivity index (χ2v) is 8.08. The van der Waals surface area contributed by atoms with E-state index < -0.39 is 10.0 Å². The zero-order valence-electron chi connectivity index (χ0n) is 15.5. The molecule has 3 aromatic rings. The number of hydrogen-bond acceptors (Lipinski definition) is 4. The Balaban J connectivity index is 1.50. The van der Waals surface area contributed by atoms with Crippen LogP contribution in [0.15, 0.2) is 71.6 Å². The fraction of sp³-hybridized carbons (Fsp3) is 0.190. The molecule has 0 aliphatic heterocycles. The highest BCUT2D eigenvalue weighted by molar-refractivity contribution is 7.89. The van der Waals surface area contributed by atoms with Gasteiger partial charge in [-0.3, -0.25) is 4.79 Å². The van der Waals surface area contributed by atoms with Crippen molar-refractivity contribution in [2.45, 2.75) is 18.2 Å². The quantitative estimate of drug-likeness (QED) is 0.569. The molecule has 0 aliphatic rings. The van der Waals surface area contributed by atoms with Gasteiger partial charge in [-0.05, 0) is 41.5 Å². The third kappa shape index (κ3) is 5.31. The highest BCUT2D eigenvalue weighted by atomic mass is 32.2. The molecule has 28 heavy (non-hydrogen) atoms. The number of rotatable bonds is 8. The summed E-state index contributed by atoms with van der Waals surface area (Å²) < 4.78 is 33.1. The maximum absolute atomic E-state index is 12.5. The van der Waals surface area contributed by atoms with Crippen molar-refractivity contribution in [3.8, 4) is 5.75 Å². The first-order chi connectivity index (χ1) is 13.4. The highest BCUT2D eigenvalue weighted by Crippen LogP contribution is 2.19. The maximum atomic E-state index is 12.5. The lowest BCUT2D eigenvalue weighted by molar-refractivity contribution is -0.114. The van der Waals surface area contributed by atoms with E-state index in [2.05, 4.69) is 10.0 Å². The molecule has 0 atom stereocenters. The van der Waals surface area contributed by atoms with E-state index in [0.29, 0.717) is 24.5 Å². The van der Waals surface area contributed by atoms with Crippen molar-refractivity contribution >= 4 is 32.4 Å². The first-order valence-corrected chi connectivity index (χ1v) is 10.4. The minimum atomic E-state index is -3.57. The molecule has 0 aliphatic carbocycles. The first-order valence-electron chi connectivity index (χ1n) is 8.93. The van der Waals surface area contributed by atoms with Crippen LogP contribution in [-0.2, 0) is 14.8 Å². The number of amides is 1. The maximum Gasteiger partial charge on any atom is 0.240 e. The Hall–Kier alpha value is -2.90. The van der Waals surface area contributed by atoms with Crippen LogP contribution < -0.4 is 14.8 Å². The van der Waals surface area contributed by atoms with Crippen molar-refractivity contribution < 1.29 is 17.9 Å². The van der Waals surface area contributed by atoms with Gasteiger partial charge in [-0.2, -0.15) is 0 Å². The third-order valence-corrected chi connectivity index (χ3v) is 5.53. The molecule has 3 rings (SSSR count). The summed E-state index contributed by atoms with van der Waals surface area (Å²) in [5.41, 5.74) is 0.655.